The summed E-state index contributed by atoms with van der Waals surface area (Å²) >= 11 is 0. The van der Waals surface area contributed by atoms with Crippen molar-refractivity contribution in [1.82, 2.24) is 0 Å². The first kappa shape index (κ1) is 20.2. The Bertz CT molecular complexity index is 378. The Balaban J connectivity index is 1.92. The smallest absolute Gasteiger partial charge is 0.120 e. The summed E-state index contributed by atoms with van der Waals surface area (Å²) in [5, 5.41) is 0. The zero-order valence-corrected chi connectivity index (χ0v) is 14.7. The van der Waals surface area contributed by atoms with Crippen LogP contribution in [0.1, 0.15) is 57.8 Å². The van der Waals surface area contributed by atoms with E-state index in [2.05, 4.69) is 0 Å². The minimum absolute atomic E-state index is 0.258. The Hall–Kier alpha value is -0.490. The minimum atomic E-state index is -2.35. The molecule has 3 rings (SSSR count). The van der Waals surface area contributed by atoms with E-state index in [4.69, 9.17) is 0 Å². The summed E-state index contributed by atoms with van der Waals surface area (Å²) in [7, 11) is 0. The molecule has 0 N–H and O–H groups in total. The van der Waals surface area contributed by atoms with Gasteiger partial charge in [-0.2, -0.15) is 0 Å². The van der Waals surface area contributed by atoms with Gasteiger partial charge in [0, 0.05) is 19.3 Å². The van der Waals surface area contributed by atoms with Crippen LogP contribution in [0.2, 0.25) is 0 Å². The zero-order valence-electron chi connectivity index (χ0n) is 14.7. The van der Waals surface area contributed by atoms with Crippen LogP contribution in [0.25, 0.3) is 0 Å². The monoisotopic (exact) mass is 388 g/mol. The van der Waals surface area contributed by atoms with E-state index in [1.54, 1.807) is 0 Å². The van der Waals surface area contributed by atoms with Crippen molar-refractivity contribution in [2.24, 2.45) is 17.8 Å². The van der Waals surface area contributed by atoms with E-state index in [1.807, 2.05) is 0 Å². The highest BCUT2D eigenvalue weighted by Gasteiger charge is 2.57. The van der Waals surface area contributed by atoms with Gasteiger partial charge in [-0.1, -0.05) is 0 Å². The maximum absolute atomic E-state index is 16.5. The van der Waals surface area contributed by atoms with Gasteiger partial charge in [-0.25, -0.2) is 30.7 Å². The van der Waals surface area contributed by atoms with E-state index < -0.39 is 60.5 Å². The lowest BCUT2D eigenvalue weighted by molar-refractivity contribution is -0.121. The zero-order chi connectivity index (χ0) is 19.1. The van der Waals surface area contributed by atoms with Crippen molar-refractivity contribution >= 4 is 0 Å². The highest BCUT2D eigenvalue weighted by molar-refractivity contribution is 5.05. The van der Waals surface area contributed by atoms with Gasteiger partial charge in [0.15, 0.2) is 0 Å². The molecule has 0 amide bonds. The number of hydrogen-bond donors (Lipinski definition) is 0. The maximum Gasteiger partial charge on any atom is 0.120 e. The van der Waals surface area contributed by atoms with Crippen molar-refractivity contribution in [3.8, 4) is 0 Å². The fourth-order valence-electron chi connectivity index (χ4n) is 5.63. The van der Waals surface area contributed by atoms with Gasteiger partial charge < -0.3 is 0 Å². The average molecular weight is 388 g/mol. The van der Waals surface area contributed by atoms with Crippen molar-refractivity contribution in [2.45, 2.75) is 100 Å². The topological polar surface area (TPSA) is 0 Å². The molecule has 7 heteroatoms. The third-order valence-electron chi connectivity index (χ3n) is 6.65. The van der Waals surface area contributed by atoms with E-state index in [-0.39, 0.29) is 57.8 Å². The lowest BCUT2D eigenvalue weighted by Gasteiger charge is -2.51. The molecule has 3 aliphatic rings. The number of halogens is 7. The van der Waals surface area contributed by atoms with Crippen LogP contribution in [0.15, 0.2) is 0 Å². The van der Waals surface area contributed by atoms with Gasteiger partial charge in [-0.3, -0.25) is 0 Å². The van der Waals surface area contributed by atoms with Gasteiger partial charge in [0.1, 0.15) is 42.7 Å². The second-order valence-corrected chi connectivity index (χ2v) is 8.62. The van der Waals surface area contributed by atoms with Gasteiger partial charge in [0.05, 0.1) is 0 Å². The van der Waals surface area contributed by atoms with E-state index in [1.165, 1.54) is 0 Å². The Labute approximate surface area is 149 Å². The fourth-order valence-corrected chi connectivity index (χ4v) is 5.63. The molecule has 3 fully saturated rings. The highest BCUT2D eigenvalue weighted by Crippen LogP contribution is 2.54. The first-order valence-electron chi connectivity index (χ1n) is 9.71. The van der Waals surface area contributed by atoms with Crippen LogP contribution in [0, 0.1) is 17.8 Å². The normalized spacial score (nSPS) is 50.2. The standard InChI is InChI=1S/C19H27F7/c20-13-1-10(2-14(21)7-13)19(26,11-3-15(22)8-16(23)4-11)12-5-17(24)9-18(25)6-12/h10-18H,1-9H2. The SMILES string of the molecule is FC1CC(F)CC(C(F)(C2CC(F)CC(F)C2)C2CC(F)CC(F)C2)C1. The molecule has 0 spiro atoms. The van der Waals surface area contributed by atoms with Crippen LogP contribution in [0.4, 0.5) is 30.7 Å². The summed E-state index contributed by atoms with van der Waals surface area (Å²) in [6.07, 6.45) is -11.8. The minimum Gasteiger partial charge on any atom is -0.247 e. The molecule has 0 radical (unpaired) electrons. The molecule has 6 unspecified atom stereocenters. The van der Waals surface area contributed by atoms with Crippen molar-refractivity contribution in [1.29, 1.82) is 0 Å². The first-order chi connectivity index (χ1) is 12.2. The number of hydrogen-bond acceptors (Lipinski definition) is 0. The lowest BCUT2D eigenvalue weighted by Crippen LogP contribution is -2.55. The molecule has 6 atom stereocenters. The summed E-state index contributed by atoms with van der Waals surface area (Å²) in [6.45, 7) is 0. The molecule has 0 bridgehead atoms. The number of rotatable bonds is 3. The first-order valence-corrected chi connectivity index (χ1v) is 9.71. The highest BCUT2D eigenvalue weighted by atomic mass is 19.2. The predicted molar refractivity (Wildman–Crippen MR) is 85.2 cm³/mol. The van der Waals surface area contributed by atoms with Crippen LogP contribution in [-0.4, -0.2) is 42.7 Å². The summed E-state index contributed by atoms with van der Waals surface area (Å²) < 4.78 is 100. The van der Waals surface area contributed by atoms with Crippen LogP contribution in [0.5, 0.6) is 0 Å². The summed E-state index contributed by atoms with van der Waals surface area (Å²) in [5.74, 6) is -3.32. The molecule has 26 heavy (non-hydrogen) atoms. The van der Waals surface area contributed by atoms with Gasteiger partial charge in [0.2, 0.25) is 0 Å². The van der Waals surface area contributed by atoms with Crippen molar-refractivity contribution in [3.63, 3.8) is 0 Å². The van der Waals surface area contributed by atoms with Gasteiger partial charge in [-0.05, 0) is 56.3 Å². The largest absolute Gasteiger partial charge is 0.247 e. The summed E-state index contributed by atoms with van der Waals surface area (Å²) in [5.41, 5.74) is -2.35. The van der Waals surface area contributed by atoms with Crippen LogP contribution >= 0.6 is 0 Å². The molecule has 3 aliphatic carbocycles. The van der Waals surface area contributed by atoms with Gasteiger partial charge in [0.25, 0.3) is 0 Å². The molecular weight excluding hydrogens is 361 g/mol. The van der Waals surface area contributed by atoms with Crippen LogP contribution in [0.3, 0.4) is 0 Å². The molecular formula is C19H27F7. The van der Waals surface area contributed by atoms with Crippen LogP contribution < -0.4 is 0 Å². The molecule has 0 nitrogen and oxygen atoms in total. The molecule has 0 aromatic rings. The van der Waals surface area contributed by atoms with E-state index in [0.29, 0.717) is 0 Å². The average Bonchev–Trinajstić information content (AvgIpc) is 2.51. The third-order valence-corrected chi connectivity index (χ3v) is 6.65. The Morgan fingerprint density at radius 3 is 0.769 bits per heavy atom. The van der Waals surface area contributed by atoms with Crippen molar-refractivity contribution in [2.75, 3.05) is 0 Å². The molecule has 0 heterocycles. The van der Waals surface area contributed by atoms with Gasteiger partial charge in [-0.15, -0.1) is 0 Å². The Morgan fingerprint density at radius 1 is 0.385 bits per heavy atom. The molecule has 0 aromatic heterocycles. The second kappa shape index (κ2) is 7.86. The third kappa shape index (κ3) is 4.16. The fraction of sp³-hybridized carbons (Fsp3) is 1.00. The summed E-state index contributed by atoms with van der Waals surface area (Å²) in [4.78, 5) is 0. The lowest BCUT2D eigenvalue weighted by atomic mass is 9.58. The van der Waals surface area contributed by atoms with Gasteiger partial charge >= 0.3 is 0 Å². The molecule has 0 saturated heterocycles. The van der Waals surface area contributed by atoms with Crippen molar-refractivity contribution < 1.29 is 30.7 Å². The Morgan fingerprint density at radius 2 is 0.577 bits per heavy atom. The second-order valence-electron chi connectivity index (χ2n) is 8.62. The molecule has 152 valence electrons. The van der Waals surface area contributed by atoms with E-state index in [9.17, 15) is 26.3 Å². The molecule has 0 aromatic carbocycles. The Kier molecular flexibility index (Phi) is 6.12. The number of alkyl halides is 7. The van der Waals surface area contributed by atoms with Crippen LogP contribution in [-0.2, 0) is 0 Å². The van der Waals surface area contributed by atoms with E-state index >= 15 is 4.39 Å². The van der Waals surface area contributed by atoms with E-state index in [0.717, 1.165) is 0 Å². The maximum atomic E-state index is 16.5. The quantitative estimate of drug-likeness (QED) is 0.511. The molecule has 3 saturated carbocycles. The summed E-state index contributed by atoms with van der Waals surface area (Å²) in [6, 6.07) is 0. The predicted octanol–water partition coefficient (Wildman–Crippen LogP) is 6.12. The van der Waals surface area contributed by atoms with Crippen molar-refractivity contribution in [3.05, 3.63) is 0 Å². The molecule has 0 aliphatic heterocycles.